The van der Waals surface area contributed by atoms with Crippen LogP contribution in [0, 0.1) is 0 Å². The Kier molecular flexibility index (Phi) is 1.95. The summed E-state index contributed by atoms with van der Waals surface area (Å²) in [5, 5.41) is 0. The van der Waals surface area contributed by atoms with Gasteiger partial charge in [0.25, 0.3) is 0 Å². The number of ether oxygens (including phenoxy) is 1. The van der Waals surface area contributed by atoms with Crippen LogP contribution in [0.25, 0.3) is 0 Å². The molecular weight excluding hydrogens is 172 g/mol. The molecule has 0 saturated carbocycles. The zero-order chi connectivity index (χ0) is 9.42. The van der Waals surface area contributed by atoms with Crippen molar-refractivity contribution in [2.45, 2.75) is 25.0 Å². The van der Waals surface area contributed by atoms with Crippen LogP contribution in [0.5, 0.6) is 0 Å². The van der Waals surface area contributed by atoms with Crippen molar-refractivity contribution in [2.75, 3.05) is 13.2 Å². The monoisotopic (exact) mass is 184 g/mol. The molecule has 13 heavy (non-hydrogen) atoms. The van der Waals surface area contributed by atoms with E-state index < -0.39 is 5.91 Å². The van der Waals surface area contributed by atoms with Gasteiger partial charge in [-0.15, -0.1) is 0 Å². The molecule has 0 aromatic heterocycles. The zero-order valence-corrected chi connectivity index (χ0v) is 7.23. The summed E-state index contributed by atoms with van der Waals surface area (Å²) in [5.41, 5.74) is 4.94. The van der Waals surface area contributed by atoms with Crippen molar-refractivity contribution in [3.63, 3.8) is 0 Å². The SMILES string of the molecule is NC(=O)CC(=O)N1CC2CC1CO2. The quantitative estimate of drug-likeness (QED) is 0.551. The maximum absolute atomic E-state index is 11.4. The maximum atomic E-state index is 11.4. The first-order valence-corrected chi connectivity index (χ1v) is 4.36. The van der Waals surface area contributed by atoms with Crippen LogP contribution in [0.3, 0.4) is 0 Å². The summed E-state index contributed by atoms with van der Waals surface area (Å²) in [5.74, 6) is -0.725. The first-order valence-electron chi connectivity index (χ1n) is 4.36. The lowest BCUT2D eigenvalue weighted by Gasteiger charge is -2.26. The molecule has 0 radical (unpaired) electrons. The molecule has 2 heterocycles. The molecule has 2 amide bonds. The summed E-state index contributed by atoms with van der Waals surface area (Å²) in [4.78, 5) is 23.6. The van der Waals surface area contributed by atoms with Crippen molar-refractivity contribution in [2.24, 2.45) is 5.73 Å². The lowest BCUT2D eigenvalue weighted by molar-refractivity contribution is -0.138. The van der Waals surface area contributed by atoms with Gasteiger partial charge in [0, 0.05) is 6.54 Å². The molecule has 2 aliphatic rings. The normalized spacial score (nSPS) is 30.9. The molecule has 2 bridgehead atoms. The first-order chi connectivity index (χ1) is 6.16. The molecular formula is C8H12N2O3. The van der Waals surface area contributed by atoms with Crippen LogP contribution < -0.4 is 5.73 Å². The maximum Gasteiger partial charge on any atom is 0.232 e. The van der Waals surface area contributed by atoms with Gasteiger partial charge in [-0.05, 0) is 6.42 Å². The number of primary amides is 1. The van der Waals surface area contributed by atoms with Crippen molar-refractivity contribution in [1.29, 1.82) is 0 Å². The van der Waals surface area contributed by atoms with Crippen LogP contribution in [-0.2, 0) is 14.3 Å². The lowest BCUT2D eigenvalue weighted by atomic mass is 10.2. The number of carbonyl (C=O) groups excluding carboxylic acids is 2. The van der Waals surface area contributed by atoms with E-state index in [0.29, 0.717) is 13.2 Å². The minimum absolute atomic E-state index is 0.164. The number of carbonyl (C=O) groups is 2. The summed E-state index contributed by atoms with van der Waals surface area (Å²) < 4.78 is 5.33. The Morgan fingerprint density at radius 1 is 1.54 bits per heavy atom. The standard InChI is InChI=1S/C8H12N2O3/c9-7(11)2-8(12)10-3-6-1-5(10)4-13-6/h5-6H,1-4H2,(H2,9,11). The molecule has 72 valence electrons. The summed E-state index contributed by atoms with van der Waals surface area (Å²) in [6, 6.07) is 0.178. The minimum atomic E-state index is -0.561. The third kappa shape index (κ3) is 1.51. The van der Waals surface area contributed by atoms with E-state index in [4.69, 9.17) is 10.5 Å². The predicted octanol–water partition coefficient (Wildman–Crippen LogP) is -1.14. The highest BCUT2D eigenvalue weighted by atomic mass is 16.5. The fourth-order valence-electron chi connectivity index (χ4n) is 1.96. The van der Waals surface area contributed by atoms with Gasteiger partial charge in [0.1, 0.15) is 6.42 Å². The fourth-order valence-corrected chi connectivity index (χ4v) is 1.96. The predicted molar refractivity (Wildman–Crippen MR) is 43.7 cm³/mol. The second-order valence-electron chi connectivity index (χ2n) is 3.53. The van der Waals surface area contributed by atoms with E-state index in [-0.39, 0.29) is 24.5 Å². The average molecular weight is 184 g/mol. The number of amides is 2. The molecule has 2 aliphatic heterocycles. The minimum Gasteiger partial charge on any atom is -0.374 e. The molecule has 2 rings (SSSR count). The lowest BCUT2D eigenvalue weighted by Crippen LogP contribution is -2.42. The van der Waals surface area contributed by atoms with Gasteiger partial charge < -0.3 is 15.4 Å². The summed E-state index contributed by atoms with van der Waals surface area (Å²) in [7, 11) is 0. The van der Waals surface area contributed by atoms with E-state index in [1.54, 1.807) is 4.90 Å². The van der Waals surface area contributed by atoms with Crippen molar-refractivity contribution in [3.8, 4) is 0 Å². The van der Waals surface area contributed by atoms with Crippen molar-refractivity contribution in [1.82, 2.24) is 4.90 Å². The van der Waals surface area contributed by atoms with Crippen LogP contribution in [-0.4, -0.2) is 42.0 Å². The van der Waals surface area contributed by atoms with E-state index in [0.717, 1.165) is 6.42 Å². The van der Waals surface area contributed by atoms with Gasteiger partial charge >= 0.3 is 0 Å². The van der Waals surface area contributed by atoms with Crippen LogP contribution in [0.1, 0.15) is 12.8 Å². The highest BCUT2D eigenvalue weighted by molar-refractivity contribution is 5.96. The number of morpholine rings is 1. The molecule has 2 fully saturated rings. The Bertz CT molecular complexity index is 254. The Morgan fingerprint density at radius 2 is 2.31 bits per heavy atom. The van der Waals surface area contributed by atoms with E-state index in [1.165, 1.54) is 0 Å². The average Bonchev–Trinajstić information content (AvgIpc) is 2.62. The van der Waals surface area contributed by atoms with Crippen LogP contribution in [0.4, 0.5) is 0 Å². The van der Waals surface area contributed by atoms with Gasteiger partial charge in [0.2, 0.25) is 11.8 Å². The van der Waals surface area contributed by atoms with E-state index in [2.05, 4.69) is 0 Å². The molecule has 2 unspecified atom stereocenters. The number of likely N-dealkylation sites (tertiary alicyclic amines) is 1. The second kappa shape index (κ2) is 2.99. The van der Waals surface area contributed by atoms with Gasteiger partial charge in [0.15, 0.2) is 0 Å². The first kappa shape index (κ1) is 8.50. The highest BCUT2D eigenvalue weighted by Crippen LogP contribution is 2.27. The zero-order valence-electron chi connectivity index (χ0n) is 7.23. The number of nitrogens with zero attached hydrogens (tertiary/aromatic N) is 1. The van der Waals surface area contributed by atoms with Crippen LogP contribution >= 0.6 is 0 Å². The molecule has 5 nitrogen and oxygen atoms in total. The van der Waals surface area contributed by atoms with E-state index >= 15 is 0 Å². The van der Waals surface area contributed by atoms with Gasteiger partial charge in [-0.1, -0.05) is 0 Å². The highest BCUT2D eigenvalue weighted by Gasteiger charge is 2.41. The molecule has 2 saturated heterocycles. The Balaban J connectivity index is 1.95. The van der Waals surface area contributed by atoms with Gasteiger partial charge in [-0.2, -0.15) is 0 Å². The molecule has 0 aromatic carbocycles. The van der Waals surface area contributed by atoms with Crippen LogP contribution in [0.15, 0.2) is 0 Å². The number of fused-ring (bicyclic) bond motifs is 2. The summed E-state index contributed by atoms with van der Waals surface area (Å²) in [6.07, 6.45) is 0.912. The molecule has 0 aromatic rings. The third-order valence-corrected chi connectivity index (χ3v) is 2.55. The van der Waals surface area contributed by atoms with Crippen molar-refractivity contribution < 1.29 is 14.3 Å². The van der Waals surface area contributed by atoms with Gasteiger partial charge in [0.05, 0.1) is 18.8 Å². The third-order valence-electron chi connectivity index (χ3n) is 2.55. The Morgan fingerprint density at radius 3 is 2.77 bits per heavy atom. The topological polar surface area (TPSA) is 72.6 Å². The van der Waals surface area contributed by atoms with Crippen LogP contribution in [0.2, 0.25) is 0 Å². The fraction of sp³-hybridized carbons (Fsp3) is 0.750. The Labute approximate surface area is 75.8 Å². The van der Waals surface area contributed by atoms with Gasteiger partial charge in [-0.3, -0.25) is 9.59 Å². The Hall–Kier alpha value is -1.10. The largest absolute Gasteiger partial charge is 0.374 e. The molecule has 2 atom stereocenters. The summed E-state index contributed by atoms with van der Waals surface area (Å²) in [6.45, 7) is 1.23. The van der Waals surface area contributed by atoms with Crippen molar-refractivity contribution in [3.05, 3.63) is 0 Å². The molecule has 0 spiro atoms. The molecule has 0 aliphatic carbocycles. The smallest absolute Gasteiger partial charge is 0.232 e. The van der Waals surface area contributed by atoms with E-state index in [1.807, 2.05) is 0 Å². The molecule has 2 N–H and O–H groups in total. The number of hydrogen-bond donors (Lipinski definition) is 1. The summed E-state index contributed by atoms with van der Waals surface area (Å²) >= 11 is 0. The van der Waals surface area contributed by atoms with Crippen molar-refractivity contribution >= 4 is 11.8 Å². The second-order valence-corrected chi connectivity index (χ2v) is 3.53. The molecule has 5 heteroatoms. The number of rotatable bonds is 2. The van der Waals surface area contributed by atoms with Gasteiger partial charge in [-0.25, -0.2) is 0 Å². The number of hydrogen-bond acceptors (Lipinski definition) is 3. The number of nitrogens with two attached hydrogens (primary N) is 1. The van der Waals surface area contributed by atoms with E-state index in [9.17, 15) is 9.59 Å².